The summed E-state index contributed by atoms with van der Waals surface area (Å²) in [6.45, 7) is 5.88. The molecule has 0 bridgehead atoms. The molecule has 0 spiro atoms. The molecule has 3 heterocycles. The van der Waals surface area contributed by atoms with Crippen molar-refractivity contribution < 1.29 is 19.0 Å². The van der Waals surface area contributed by atoms with E-state index in [0.717, 1.165) is 59.9 Å². The van der Waals surface area contributed by atoms with E-state index in [-0.39, 0.29) is 17.5 Å². The van der Waals surface area contributed by atoms with Gasteiger partial charge in [-0.2, -0.15) is 0 Å². The third kappa shape index (κ3) is 8.11. The Morgan fingerprint density at radius 1 is 0.857 bits per heavy atom. The second-order valence-corrected chi connectivity index (χ2v) is 14.2. The number of amides is 1. The Morgan fingerprint density at radius 2 is 1.59 bits per heavy atom. The fourth-order valence-corrected chi connectivity index (χ4v) is 7.42. The number of nitrogens with zero attached hydrogens (tertiary/aromatic N) is 4. The van der Waals surface area contributed by atoms with Crippen LogP contribution < -0.4 is 19.8 Å². The van der Waals surface area contributed by atoms with Gasteiger partial charge in [-0.25, -0.2) is 4.98 Å². The number of aliphatic imine (C=N–C) groups is 1. The lowest BCUT2D eigenvalue weighted by atomic mass is 10.1. The monoisotopic (exact) mass is 776 g/mol. The van der Waals surface area contributed by atoms with Crippen molar-refractivity contribution in [3.8, 4) is 22.9 Å². The van der Waals surface area contributed by atoms with E-state index in [4.69, 9.17) is 19.2 Å². The first-order valence-corrected chi connectivity index (χ1v) is 18.5. The fraction of sp³-hybridized carbons (Fsp3) is 0.436. The number of fused-ring (bicyclic) bond motifs is 3. The maximum absolute atomic E-state index is 13.5. The van der Waals surface area contributed by atoms with E-state index in [1.54, 1.807) is 17.7 Å². The Balaban J connectivity index is 0.885. The number of aryl methyl sites for hydroxylation is 2. The van der Waals surface area contributed by atoms with Crippen molar-refractivity contribution in [2.75, 3.05) is 26.9 Å². The van der Waals surface area contributed by atoms with Crippen molar-refractivity contribution in [1.29, 1.82) is 0 Å². The van der Waals surface area contributed by atoms with Gasteiger partial charge in [-0.05, 0) is 110 Å². The Bertz CT molecular complexity index is 1910. The molecule has 258 valence electrons. The van der Waals surface area contributed by atoms with Gasteiger partial charge in [0.2, 0.25) is 0 Å². The van der Waals surface area contributed by atoms with Crippen LogP contribution in [0.1, 0.15) is 86.0 Å². The Labute approximate surface area is 301 Å². The number of carbonyl (C=O) groups excluding carboxylic acids is 1. The van der Waals surface area contributed by atoms with Crippen LogP contribution >= 0.6 is 22.6 Å². The summed E-state index contributed by atoms with van der Waals surface area (Å²) in [7, 11) is 1.61. The van der Waals surface area contributed by atoms with Crippen LogP contribution in [0.4, 0.5) is 5.69 Å². The molecule has 1 amide bonds. The number of unbranched alkanes of at least 4 members (excludes halogenated alkanes) is 7. The normalized spacial score (nSPS) is 15.3. The molecule has 3 aromatic carbocycles. The van der Waals surface area contributed by atoms with Gasteiger partial charge in [-0.3, -0.25) is 19.1 Å². The van der Waals surface area contributed by atoms with Gasteiger partial charge in [0, 0.05) is 22.4 Å². The molecule has 0 unspecified atom stereocenters. The molecule has 2 aliphatic rings. The van der Waals surface area contributed by atoms with Crippen molar-refractivity contribution in [1.82, 2.24) is 14.5 Å². The third-order valence-corrected chi connectivity index (χ3v) is 10.1. The summed E-state index contributed by atoms with van der Waals surface area (Å²) in [5, 5.41) is 0.564. The first kappa shape index (κ1) is 34.9. The predicted octanol–water partition coefficient (Wildman–Crippen LogP) is 8.51. The molecule has 9 nitrogen and oxygen atoms in total. The molecule has 49 heavy (non-hydrogen) atoms. The van der Waals surface area contributed by atoms with Crippen LogP contribution in [0.3, 0.4) is 0 Å². The van der Waals surface area contributed by atoms with Crippen molar-refractivity contribution in [2.45, 2.75) is 84.1 Å². The van der Waals surface area contributed by atoms with Crippen LogP contribution in [-0.4, -0.2) is 59.5 Å². The number of carbonyl (C=O) groups is 1. The van der Waals surface area contributed by atoms with Gasteiger partial charge in [0.15, 0.2) is 11.5 Å². The second kappa shape index (κ2) is 16.2. The highest BCUT2D eigenvalue weighted by atomic mass is 127. The summed E-state index contributed by atoms with van der Waals surface area (Å²) in [4.78, 5) is 37.8. The maximum Gasteiger partial charge on any atom is 0.266 e. The zero-order valence-electron chi connectivity index (χ0n) is 28.7. The van der Waals surface area contributed by atoms with Crippen LogP contribution in [0.5, 0.6) is 17.2 Å². The number of ether oxygens (including phenoxy) is 3. The van der Waals surface area contributed by atoms with E-state index in [0.29, 0.717) is 58.4 Å². The quantitative estimate of drug-likeness (QED) is 0.0888. The van der Waals surface area contributed by atoms with Crippen molar-refractivity contribution in [3.05, 3.63) is 79.4 Å². The number of aromatic nitrogens is 2. The van der Waals surface area contributed by atoms with Crippen LogP contribution in [0.2, 0.25) is 0 Å². The lowest BCUT2D eigenvalue weighted by molar-refractivity contribution is 0.0774. The first-order valence-electron chi connectivity index (χ1n) is 17.5. The number of hydrogen-bond donors (Lipinski definition) is 0. The Hall–Kier alpha value is -3.93. The van der Waals surface area contributed by atoms with Crippen molar-refractivity contribution in [2.24, 2.45) is 4.99 Å². The molecular weight excluding hydrogens is 731 g/mol. The summed E-state index contributed by atoms with van der Waals surface area (Å²) >= 11 is 2.28. The lowest BCUT2D eigenvalue weighted by Crippen LogP contribution is -2.35. The van der Waals surface area contributed by atoms with Gasteiger partial charge >= 0.3 is 0 Å². The lowest BCUT2D eigenvalue weighted by Gasteiger charge is -2.20. The number of benzene rings is 3. The van der Waals surface area contributed by atoms with E-state index in [1.165, 1.54) is 25.7 Å². The second-order valence-electron chi connectivity index (χ2n) is 12.9. The molecule has 1 fully saturated rings. The summed E-state index contributed by atoms with van der Waals surface area (Å²) in [6.07, 6.45) is 12.7. The molecule has 0 saturated carbocycles. The van der Waals surface area contributed by atoms with Gasteiger partial charge in [0.1, 0.15) is 11.6 Å². The van der Waals surface area contributed by atoms with E-state index in [2.05, 4.69) is 33.6 Å². The maximum atomic E-state index is 13.5. The first-order chi connectivity index (χ1) is 23.8. The third-order valence-electron chi connectivity index (χ3n) is 9.43. The molecule has 1 atom stereocenters. The summed E-state index contributed by atoms with van der Waals surface area (Å²) in [5.74, 6) is 2.60. The molecule has 2 aliphatic heterocycles. The number of methoxy groups -OCH3 is 1. The summed E-state index contributed by atoms with van der Waals surface area (Å²) in [5.41, 5.74) is 3.73. The molecule has 1 aromatic heterocycles. The largest absolute Gasteiger partial charge is 0.494 e. The van der Waals surface area contributed by atoms with E-state index in [9.17, 15) is 9.59 Å². The number of halogens is 1. The van der Waals surface area contributed by atoms with Gasteiger partial charge in [-0.15, -0.1) is 0 Å². The van der Waals surface area contributed by atoms with Crippen LogP contribution in [-0.2, 0) is 0 Å². The minimum Gasteiger partial charge on any atom is -0.494 e. The van der Waals surface area contributed by atoms with Crippen molar-refractivity contribution in [3.63, 3.8) is 0 Å². The molecule has 4 aromatic rings. The van der Waals surface area contributed by atoms with Crippen LogP contribution in [0.15, 0.2) is 58.3 Å². The Morgan fingerprint density at radius 3 is 2.33 bits per heavy atom. The van der Waals surface area contributed by atoms with Crippen molar-refractivity contribution >= 4 is 51.3 Å². The molecular formula is C39H45IN4O5. The average molecular weight is 777 g/mol. The molecule has 10 heteroatoms. The summed E-state index contributed by atoms with van der Waals surface area (Å²) < 4.78 is 20.5. The highest BCUT2D eigenvalue weighted by Gasteiger charge is 2.32. The van der Waals surface area contributed by atoms with Gasteiger partial charge in [0.05, 0.1) is 54.2 Å². The van der Waals surface area contributed by atoms with Crippen LogP contribution in [0, 0.1) is 17.4 Å². The topological polar surface area (TPSA) is 95.2 Å². The van der Waals surface area contributed by atoms with E-state index >= 15 is 0 Å². The SMILES string of the molecule is COc1cc2c(cc1OCCCCCCCCCCOc1ccc3nc(C)n(-c4ccc(I)cc4C)c(=O)c3c1)N=C[C@@H]1CCCN1C2=O. The number of hydrogen-bond acceptors (Lipinski definition) is 7. The van der Waals surface area contributed by atoms with Gasteiger partial charge in [0.25, 0.3) is 11.5 Å². The molecule has 0 N–H and O–H groups in total. The zero-order chi connectivity index (χ0) is 34.3. The molecule has 0 radical (unpaired) electrons. The van der Waals surface area contributed by atoms with E-state index in [1.807, 2.05) is 61.4 Å². The number of rotatable bonds is 15. The molecule has 0 aliphatic carbocycles. The highest BCUT2D eigenvalue weighted by Crippen LogP contribution is 2.38. The summed E-state index contributed by atoms with van der Waals surface area (Å²) in [6, 6.07) is 15.4. The molecule has 6 rings (SSSR count). The smallest absolute Gasteiger partial charge is 0.266 e. The minimum atomic E-state index is -0.0785. The zero-order valence-corrected chi connectivity index (χ0v) is 30.8. The highest BCUT2D eigenvalue weighted by molar-refractivity contribution is 14.1. The van der Waals surface area contributed by atoms with E-state index < -0.39 is 0 Å². The van der Waals surface area contributed by atoms with Gasteiger partial charge < -0.3 is 19.1 Å². The van der Waals surface area contributed by atoms with Crippen LogP contribution in [0.25, 0.3) is 16.6 Å². The molecule has 1 saturated heterocycles. The standard InChI is InChI=1S/C39H45IN4O5/c1-26-21-28(40)14-17-35(26)44-27(2)42-33-16-15-30(22-31(33)39(44)46)48-19-10-8-6-4-5-7-9-11-20-49-37-24-34-32(23-36(37)47-3)38(45)43-18-12-13-29(43)25-41-34/h14-17,21-25,29H,4-13,18-20H2,1-3H3/t29-/m0/s1. The Kier molecular flexibility index (Phi) is 11.5. The van der Waals surface area contributed by atoms with Gasteiger partial charge in [-0.1, -0.05) is 38.5 Å². The fourth-order valence-electron chi connectivity index (χ4n) is 6.78. The average Bonchev–Trinajstić information content (AvgIpc) is 3.52. The minimum absolute atomic E-state index is 0.0195. The predicted molar refractivity (Wildman–Crippen MR) is 203 cm³/mol.